The van der Waals surface area contributed by atoms with Crippen molar-refractivity contribution in [1.82, 2.24) is 25.5 Å². The van der Waals surface area contributed by atoms with Gasteiger partial charge >= 0.3 is 0 Å². The Kier molecular flexibility index (Phi) is 3.29. The Morgan fingerprint density at radius 2 is 2.47 bits per heavy atom. The van der Waals surface area contributed by atoms with Gasteiger partial charge in [-0.3, -0.25) is 4.79 Å². The summed E-state index contributed by atoms with van der Waals surface area (Å²) >= 11 is 1.51. The van der Waals surface area contributed by atoms with Crippen LogP contribution in [0.15, 0.2) is 11.4 Å². The highest BCUT2D eigenvalue weighted by atomic mass is 32.1. The fourth-order valence-electron chi connectivity index (χ4n) is 2.45. The summed E-state index contributed by atoms with van der Waals surface area (Å²) < 4.78 is 0. The van der Waals surface area contributed by atoms with Gasteiger partial charge in [-0.2, -0.15) is 5.21 Å². The Morgan fingerprint density at radius 1 is 1.58 bits per heavy atom. The molecule has 1 N–H and O–H groups in total. The largest absolute Gasteiger partial charge is 0.337 e. The average molecular weight is 277 g/mol. The number of rotatable bonds is 2. The van der Waals surface area contributed by atoms with Gasteiger partial charge in [0.25, 0.3) is 5.91 Å². The predicted molar refractivity (Wildman–Crippen MR) is 71.1 cm³/mol. The molecule has 1 saturated heterocycles. The molecule has 1 unspecified atom stereocenters. The molecule has 6 nitrogen and oxygen atoms in total. The Labute approximate surface area is 114 Å². The molecule has 1 aliphatic rings. The van der Waals surface area contributed by atoms with Gasteiger partial charge < -0.3 is 4.90 Å². The van der Waals surface area contributed by atoms with Crippen LogP contribution >= 0.6 is 11.3 Å². The Bertz CT molecular complexity index is 564. The van der Waals surface area contributed by atoms with Crippen molar-refractivity contribution in [2.45, 2.75) is 25.7 Å². The number of carbonyl (C=O) groups excluding carboxylic acids is 1. The summed E-state index contributed by atoms with van der Waals surface area (Å²) in [7, 11) is 0. The summed E-state index contributed by atoms with van der Waals surface area (Å²) in [6, 6.07) is 1.98. The first-order valence-electron chi connectivity index (χ1n) is 6.32. The first-order valence-corrected chi connectivity index (χ1v) is 7.20. The maximum Gasteiger partial charge on any atom is 0.264 e. The lowest BCUT2D eigenvalue weighted by molar-refractivity contribution is 0.0709. The first kappa shape index (κ1) is 12.3. The Hall–Kier alpha value is -1.76. The van der Waals surface area contributed by atoms with Crippen LogP contribution in [0.2, 0.25) is 0 Å². The van der Waals surface area contributed by atoms with Gasteiger partial charge in [-0.1, -0.05) is 5.21 Å². The van der Waals surface area contributed by atoms with Crippen molar-refractivity contribution in [2.75, 3.05) is 13.1 Å². The number of nitrogens with zero attached hydrogens (tertiary/aromatic N) is 4. The van der Waals surface area contributed by atoms with Crippen LogP contribution in [-0.4, -0.2) is 44.5 Å². The fourth-order valence-corrected chi connectivity index (χ4v) is 3.34. The number of carbonyl (C=O) groups is 1. The van der Waals surface area contributed by atoms with E-state index in [1.165, 1.54) is 11.3 Å². The van der Waals surface area contributed by atoms with Gasteiger partial charge in [0, 0.05) is 19.0 Å². The van der Waals surface area contributed by atoms with Crippen molar-refractivity contribution < 1.29 is 4.79 Å². The zero-order valence-electron chi connectivity index (χ0n) is 10.7. The van der Waals surface area contributed by atoms with Crippen LogP contribution in [0.5, 0.6) is 0 Å². The molecule has 0 spiro atoms. The number of aromatic nitrogens is 4. The highest BCUT2D eigenvalue weighted by Crippen LogP contribution is 2.26. The molecule has 1 aliphatic heterocycles. The molecular weight excluding hydrogens is 262 g/mol. The van der Waals surface area contributed by atoms with Gasteiger partial charge in [0.15, 0.2) is 5.82 Å². The second-order valence-electron chi connectivity index (χ2n) is 4.79. The molecular formula is C12H15N5OS. The first-order chi connectivity index (χ1) is 9.25. The molecule has 19 heavy (non-hydrogen) atoms. The highest BCUT2D eigenvalue weighted by molar-refractivity contribution is 7.12. The maximum atomic E-state index is 12.5. The van der Waals surface area contributed by atoms with E-state index in [-0.39, 0.29) is 11.8 Å². The van der Waals surface area contributed by atoms with Gasteiger partial charge in [-0.05, 0) is 36.8 Å². The summed E-state index contributed by atoms with van der Waals surface area (Å²) in [6.07, 6.45) is 1.99. The molecule has 1 atom stereocenters. The van der Waals surface area contributed by atoms with Crippen LogP contribution < -0.4 is 0 Å². The van der Waals surface area contributed by atoms with Crippen molar-refractivity contribution in [3.63, 3.8) is 0 Å². The average Bonchev–Trinajstić information content (AvgIpc) is 3.09. The van der Waals surface area contributed by atoms with E-state index in [0.29, 0.717) is 12.4 Å². The maximum absolute atomic E-state index is 12.5. The topological polar surface area (TPSA) is 74.8 Å². The molecule has 0 saturated carbocycles. The lowest BCUT2D eigenvalue weighted by Crippen LogP contribution is -2.39. The number of tetrazole rings is 1. The van der Waals surface area contributed by atoms with Crippen LogP contribution in [0.25, 0.3) is 0 Å². The number of thiophene rings is 1. The van der Waals surface area contributed by atoms with Crippen LogP contribution in [0.1, 0.15) is 39.8 Å². The van der Waals surface area contributed by atoms with Gasteiger partial charge in [0.1, 0.15) is 0 Å². The normalized spacial score (nSPS) is 19.6. The van der Waals surface area contributed by atoms with Gasteiger partial charge in [-0.25, -0.2) is 0 Å². The third-order valence-corrected chi connectivity index (χ3v) is 4.50. The second-order valence-corrected chi connectivity index (χ2v) is 5.71. The summed E-state index contributed by atoms with van der Waals surface area (Å²) in [4.78, 5) is 15.2. The molecule has 3 heterocycles. The minimum atomic E-state index is 0.126. The van der Waals surface area contributed by atoms with E-state index in [1.807, 2.05) is 23.3 Å². The Balaban J connectivity index is 1.75. The number of aromatic amines is 1. The third-order valence-electron chi connectivity index (χ3n) is 3.49. The third kappa shape index (κ3) is 2.37. The molecule has 100 valence electrons. The molecule has 3 rings (SSSR count). The van der Waals surface area contributed by atoms with Gasteiger partial charge in [0.05, 0.1) is 4.88 Å². The minimum Gasteiger partial charge on any atom is -0.337 e. The van der Waals surface area contributed by atoms with E-state index in [9.17, 15) is 4.79 Å². The van der Waals surface area contributed by atoms with Crippen LogP contribution in [0, 0.1) is 6.92 Å². The number of hydrogen-bond donors (Lipinski definition) is 1. The quantitative estimate of drug-likeness (QED) is 0.904. The van der Waals surface area contributed by atoms with Gasteiger partial charge in [-0.15, -0.1) is 21.5 Å². The Morgan fingerprint density at radius 3 is 3.16 bits per heavy atom. The number of hydrogen-bond acceptors (Lipinski definition) is 5. The smallest absolute Gasteiger partial charge is 0.264 e. The summed E-state index contributed by atoms with van der Waals surface area (Å²) in [5.74, 6) is 1.03. The molecule has 0 aliphatic carbocycles. The minimum absolute atomic E-state index is 0.126. The molecule has 7 heteroatoms. The SMILES string of the molecule is Cc1ccsc1C(=O)N1CCCC(c2nn[nH]n2)C1. The van der Waals surface area contributed by atoms with E-state index in [0.717, 1.165) is 29.8 Å². The van der Waals surface area contributed by atoms with Crippen LogP contribution in [-0.2, 0) is 0 Å². The van der Waals surface area contributed by atoms with E-state index < -0.39 is 0 Å². The van der Waals surface area contributed by atoms with Crippen molar-refractivity contribution in [3.8, 4) is 0 Å². The van der Waals surface area contributed by atoms with Crippen molar-refractivity contribution in [1.29, 1.82) is 0 Å². The molecule has 0 bridgehead atoms. The van der Waals surface area contributed by atoms with E-state index in [1.54, 1.807) is 0 Å². The lowest BCUT2D eigenvalue weighted by atomic mass is 9.97. The number of piperidine rings is 1. The monoisotopic (exact) mass is 277 g/mol. The number of nitrogens with one attached hydrogen (secondary N) is 1. The van der Waals surface area contributed by atoms with Crippen molar-refractivity contribution in [3.05, 3.63) is 27.7 Å². The summed E-state index contributed by atoms with van der Waals surface area (Å²) in [5, 5.41) is 16.1. The van der Waals surface area contributed by atoms with Crippen molar-refractivity contribution in [2.24, 2.45) is 0 Å². The van der Waals surface area contributed by atoms with E-state index in [4.69, 9.17) is 0 Å². The lowest BCUT2D eigenvalue weighted by Gasteiger charge is -2.31. The zero-order chi connectivity index (χ0) is 13.2. The standard InChI is InChI=1S/C12H15N5OS/c1-8-4-6-19-10(8)12(18)17-5-2-3-9(7-17)11-13-15-16-14-11/h4,6,9H,2-3,5,7H2,1H3,(H,13,14,15,16). The molecule has 0 radical (unpaired) electrons. The van der Waals surface area contributed by atoms with E-state index >= 15 is 0 Å². The highest BCUT2D eigenvalue weighted by Gasteiger charge is 2.28. The number of likely N-dealkylation sites (tertiary alicyclic amines) is 1. The summed E-state index contributed by atoms with van der Waals surface area (Å²) in [6.45, 7) is 3.46. The molecule has 1 fully saturated rings. The van der Waals surface area contributed by atoms with E-state index in [2.05, 4.69) is 20.6 Å². The van der Waals surface area contributed by atoms with Gasteiger partial charge in [0.2, 0.25) is 0 Å². The number of amides is 1. The van der Waals surface area contributed by atoms with Crippen LogP contribution in [0.3, 0.4) is 0 Å². The molecule has 2 aromatic heterocycles. The predicted octanol–water partition coefficient (Wildman–Crippen LogP) is 1.59. The molecule has 2 aromatic rings. The van der Waals surface area contributed by atoms with Crippen LogP contribution in [0.4, 0.5) is 0 Å². The number of aryl methyl sites for hydroxylation is 1. The van der Waals surface area contributed by atoms with Crippen molar-refractivity contribution >= 4 is 17.2 Å². The number of H-pyrrole nitrogens is 1. The molecule has 0 aromatic carbocycles. The molecule has 1 amide bonds. The summed E-state index contributed by atoms with van der Waals surface area (Å²) in [5.41, 5.74) is 1.05. The zero-order valence-corrected chi connectivity index (χ0v) is 11.5. The second kappa shape index (κ2) is 5.08. The fraction of sp³-hybridized carbons (Fsp3) is 0.500.